The van der Waals surface area contributed by atoms with Crippen molar-refractivity contribution < 1.29 is 23.9 Å². The number of Topliss-reactive ketones (excluding diaryl/α,β-unsaturated/α-hetero) is 4. The summed E-state index contributed by atoms with van der Waals surface area (Å²) in [5, 5.41) is 0. The molecule has 0 saturated carbocycles. The van der Waals surface area contributed by atoms with Crippen LogP contribution in [0.3, 0.4) is 0 Å². The maximum absolute atomic E-state index is 14.6. The van der Waals surface area contributed by atoms with Crippen LogP contribution in [-0.4, -0.2) is 28.7 Å². The summed E-state index contributed by atoms with van der Waals surface area (Å²) in [5.74, 6) is -3.04. The first-order valence-corrected chi connectivity index (χ1v) is 12.6. The molecule has 3 aliphatic rings. The van der Waals surface area contributed by atoms with E-state index >= 15 is 0 Å². The first-order chi connectivity index (χ1) is 18.4. The molecular weight excluding hydrogens is 476 g/mol. The molecule has 0 unspecified atom stereocenters. The fourth-order valence-electron chi connectivity index (χ4n) is 6.80. The molecule has 0 radical (unpaired) electrons. The van der Waals surface area contributed by atoms with Gasteiger partial charge in [0.2, 0.25) is 17.2 Å². The SMILES string of the molecule is Cc1cccc([C@@H]2C3(O[C@@H](c4ccccc4)C24C(=O)c2ccccc2C4=O)C(=O)c2ccccc2C3=O)c1. The predicted molar refractivity (Wildman–Crippen MR) is 140 cm³/mol. The van der Waals surface area contributed by atoms with E-state index in [4.69, 9.17) is 4.74 Å². The summed E-state index contributed by atoms with van der Waals surface area (Å²) in [6, 6.07) is 29.6. The quantitative estimate of drug-likeness (QED) is 0.330. The number of hydrogen-bond donors (Lipinski definition) is 0. The van der Waals surface area contributed by atoms with Crippen LogP contribution in [-0.2, 0) is 4.74 Å². The van der Waals surface area contributed by atoms with Crippen molar-refractivity contribution in [1.82, 2.24) is 0 Å². The molecule has 2 aliphatic carbocycles. The van der Waals surface area contributed by atoms with Gasteiger partial charge < -0.3 is 4.74 Å². The summed E-state index contributed by atoms with van der Waals surface area (Å²) in [5.41, 5.74) is -0.859. The fraction of sp³-hybridized carbons (Fsp3) is 0.152. The summed E-state index contributed by atoms with van der Waals surface area (Å²) in [4.78, 5) is 57.8. The van der Waals surface area contributed by atoms with Crippen molar-refractivity contribution in [3.63, 3.8) is 0 Å². The van der Waals surface area contributed by atoms with Gasteiger partial charge in [0.05, 0.1) is 5.92 Å². The van der Waals surface area contributed by atoms with E-state index in [2.05, 4.69) is 0 Å². The third-order valence-corrected chi connectivity index (χ3v) is 8.32. The molecule has 7 rings (SSSR count). The smallest absolute Gasteiger partial charge is 0.204 e. The monoisotopic (exact) mass is 498 g/mol. The molecule has 38 heavy (non-hydrogen) atoms. The highest BCUT2D eigenvalue weighted by atomic mass is 16.5. The van der Waals surface area contributed by atoms with Crippen molar-refractivity contribution in [3.8, 4) is 0 Å². The van der Waals surface area contributed by atoms with Gasteiger partial charge in [0.15, 0.2) is 11.6 Å². The van der Waals surface area contributed by atoms with E-state index < -0.39 is 46.2 Å². The number of hydrogen-bond acceptors (Lipinski definition) is 5. The molecule has 0 N–H and O–H groups in total. The van der Waals surface area contributed by atoms with Crippen LogP contribution in [0.2, 0.25) is 0 Å². The van der Waals surface area contributed by atoms with Gasteiger partial charge in [-0.2, -0.15) is 0 Å². The van der Waals surface area contributed by atoms with Crippen LogP contribution < -0.4 is 0 Å². The van der Waals surface area contributed by atoms with Crippen molar-refractivity contribution in [2.24, 2.45) is 5.41 Å². The molecule has 1 heterocycles. The van der Waals surface area contributed by atoms with Crippen molar-refractivity contribution >= 4 is 23.1 Å². The van der Waals surface area contributed by atoms with Crippen LogP contribution in [0.25, 0.3) is 0 Å². The molecule has 4 aromatic carbocycles. The lowest BCUT2D eigenvalue weighted by Crippen LogP contribution is -2.51. The van der Waals surface area contributed by atoms with Gasteiger partial charge in [-0.05, 0) is 18.1 Å². The number of fused-ring (bicyclic) bond motifs is 2. The first kappa shape index (κ1) is 22.7. The minimum Gasteiger partial charge on any atom is -0.348 e. The second-order valence-corrected chi connectivity index (χ2v) is 10.3. The highest BCUT2D eigenvalue weighted by Crippen LogP contribution is 2.67. The zero-order valence-corrected chi connectivity index (χ0v) is 20.5. The lowest BCUT2D eigenvalue weighted by molar-refractivity contribution is -0.0210. The van der Waals surface area contributed by atoms with E-state index in [0.29, 0.717) is 11.1 Å². The highest BCUT2D eigenvalue weighted by molar-refractivity contribution is 6.37. The van der Waals surface area contributed by atoms with Crippen LogP contribution in [0.15, 0.2) is 103 Å². The summed E-state index contributed by atoms with van der Waals surface area (Å²) in [7, 11) is 0. The molecule has 0 aromatic heterocycles. The minimum absolute atomic E-state index is 0.245. The molecule has 1 fully saturated rings. The van der Waals surface area contributed by atoms with Crippen LogP contribution in [0.4, 0.5) is 0 Å². The average Bonchev–Trinajstić information content (AvgIpc) is 3.48. The maximum Gasteiger partial charge on any atom is 0.204 e. The van der Waals surface area contributed by atoms with E-state index in [1.807, 2.05) is 31.2 Å². The molecule has 1 saturated heterocycles. The Morgan fingerprint density at radius 3 is 1.55 bits per heavy atom. The molecular formula is C33H22O5. The number of rotatable bonds is 2. The number of carbonyl (C=O) groups is 4. The van der Waals surface area contributed by atoms with Crippen molar-refractivity contribution in [1.29, 1.82) is 0 Å². The normalized spacial score (nSPS) is 22.3. The second kappa shape index (κ2) is 7.76. The first-order valence-electron chi connectivity index (χ1n) is 12.6. The molecule has 2 atom stereocenters. The van der Waals surface area contributed by atoms with Gasteiger partial charge in [0, 0.05) is 22.3 Å². The molecule has 2 spiro atoms. The average molecular weight is 499 g/mol. The van der Waals surface area contributed by atoms with E-state index in [-0.39, 0.29) is 22.3 Å². The minimum atomic E-state index is -2.06. The standard InChI is InChI=1S/C33H22O5/c1-19-10-9-13-21(18-19)26-32(27(34)22-14-5-6-15-23(22)28(32)35)31(20-11-3-2-4-12-20)38-33(26)29(36)24-16-7-8-17-25(24)30(33)37/h2-18,26,31H,1H3/t26-,31-/m0/s1. The van der Waals surface area contributed by atoms with Crippen LogP contribution in [0.5, 0.6) is 0 Å². The lowest BCUT2D eigenvalue weighted by Gasteiger charge is -2.34. The number of aryl methyl sites for hydroxylation is 1. The van der Waals surface area contributed by atoms with Crippen molar-refractivity contribution in [2.75, 3.05) is 0 Å². The van der Waals surface area contributed by atoms with E-state index in [0.717, 1.165) is 5.56 Å². The van der Waals surface area contributed by atoms with Gasteiger partial charge in [-0.1, -0.05) is 109 Å². The van der Waals surface area contributed by atoms with E-state index in [9.17, 15) is 19.2 Å². The Bertz CT molecular complexity index is 1630. The van der Waals surface area contributed by atoms with Gasteiger partial charge in [-0.15, -0.1) is 0 Å². The summed E-state index contributed by atoms with van der Waals surface area (Å²) in [6.45, 7) is 1.90. The molecule has 4 aromatic rings. The fourth-order valence-corrected chi connectivity index (χ4v) is 6.80. The Labute approximate surface area is 219 Å². The number of carbonyl (C=O) groups excluding carboxylic acids is 4. The predicted octanol–water partition coefficient (Wildman–Crippen LogP) is 5.73. The third-order valence-electron chi connectivity index (χ3n) is 8.32. The molecule has 1 aliphatic heterocycles. The summed E-state index contributed by atoms with van der Waals surface area (Å²) >= 11 is 0. The number of ether oxygens (including phenoxy) is 1. The Kier molecular flexibility index (Phi) is 4.64. The topological polar surface area (TPSA) is 77.5 Å². The van der Waals surface area contributed by atoms with Gasteiger partial charge >= 0.3 is 0 Å². The summed E-state index contributed by atoms with van der Waals surface area (Å²) in [6.07, 6.45) is -1.15. The third kappa shape index (κ3) is 2.59. The van der Waals surface area contributed by atoms with Gasteiger partial charge in [-0.3, -0.25) is 19.2 Å². The van der Waals surface area contributed by atoms with Crippen LogP contribution in [0.1, 0.15) is 70.1 Å². The van der Waals surface area contributed by atoms with Gasteiger partial charge in [0.1, 0.15) is 11.5 Å². The van der Waals surface area contributed by atoms with Crippen molar-refractivity contribution in [3.05, 3.63) is 142 Å². The molecule has 5 heteroatoms. The Morgan fingerprint density at radius 2 is 1.03 bits per heavy atom. The van der Waals surface area contributed by atoms with Gasteiger partial charge in [0.25, 0.3) is 0 Å². The molecule has 184 valence electrons. The number of benzene rings is 4. The lowest BCUT2D eigenvalue weighted by atomic mass is 9.59. The molecule has 0 bridgehead atoms. The van der Waals surface area contributed by atoms with E-state index in [1.54, 1.807) is 78.9 Å². The summed E-state index contributed by atoms with van der Waals surface area (Å²) < 4.78 is 6.68. The molecule has 0 amide bonds. The van der Waals surface area contributed by atoms with Crippen molar-refractivity contribution in [2.45, 2.75) is 24.5 Å². The Hall–Kier alpha value is -4.48. The Balaban J connectivity index is 1.60. The molecule has 5 nitrogen and oxygen atoms in total. The Morgan fingerprint density at radius 1 is 0.553 bits per heavy atom. The zero-order valence-electron chi connectivity index (χ0n) is 20.5. The van der Waals surface area contributed by atoms with E-state index in [1.165, 1.54) is 0 Å². The largest absolute Gasteiger partial charge is 0.348 e. The number of ketones is 4. The second-order valence-electron chi connectivity index (χ2n) is 10.3. The van der Waals surface area contributed by atoms with Crippen LogP contribution >= 0.6 is 0 Å². The maximum atomic E-state index is 14.6. The highest BCUT2D eigenvalue weighted by Gasteiger charge is 2.79. The van der Waals surface area contributed by atoms with Crippen LogP contribution in [0, 0.1) is 12.3 Å². The zero-order chi connectivity index (χ0) is 26.2. The van der Waals surface area contributed by atoms with Gasteiger partial charge in [-0.25, -0.2) is 0 Å².